The number of amides is 1. The lowest BCUT2D eigenvalue weighted by molar-refractivity contribution is -0.269. The molecule has 1 saturated heterocycles. The lowest BCUT2D eigenvalue weighted by Crippen LogP contribution is -2.79. The van der Waals surface area contributed by atoms with Gasteiger partial charge in [-0.05, 0) is 50.2 Å². The van der Waals surface area contributed by atoms with Crippen molar-refractivity contribution in [1.82, 2.24) is 4.90 Å². The predicted octanol–water partition coefficient (Wildman–Crippen LogP) is 4.10. The summed E-state index contributed by atoms with van der Waals surface area (Å²) in [6.45, 7) is 15.1. The molecule has 6 nitrogen and oxygen atoms in total. The minimum atomic E-state index is -1.03. The van der Waals surface area contributed by atoms with Gasteiger partial charge >= 0.3 is 0 Å². The molecule has 6 heteroatoms. The van der Waals surface area contributed by atoms with Gasteiger partial charge in [0.15, 0.2) is 11.5 Å². The Hall–Kier alpha value is -1.79. The van der Waals surface area contributed by atoms with Gasteiger partial charge in [0.05, 0.1) is 12.7 Å². The first kappa shape index (κ1) is 23.9. The summed E-state index contributed by atoms with van der Waals surface area (Å²) in [4.78, 5) is 14.9. The van der Waals surface area contributed by atoms with Crippen molar-refractivity contribution in [3.8, 4) is 11.5 Å². The Morgan fingerprint density at radius 2 is 1.88 bits per heavy atom. The minimum Gasteiger partial charge on any atom is -0.493 e. The van der Waals surface area contributed by atoms with Crippen LogP contribution in [-0.4, -0.2) is 60.0 Å². The van der Waals surface area contributed by atoms with Gasteiger partial charge in [0.2, 0.25) is 5.91 Å². The summed E-state index contributed by atoms with van der Waals surface area (Å²) in [5.41, 5.74) is -0.267. The van der Waals surface area contributed by atoms with E-state index in [1.54, 1.807) is 21.1 Å². The zero-order valence-electron chi connectivity index (χ0n) is 22.2. The third-order valence-corrected chi connectivity index (χ3v) is 10.7. The summed E-state index contributed by atoms with van der Waals surface area (Å²) in [7, 11) is 3.44. The number of likely N-dealkylation sites (tertiary alicyclic amines) is 1. The summed E-state index contributed by atoms with van der Waals surface area (Å²) in [5, 5.41) is 12.1. The zero-order chi connectivity index (χ0) is 25.1. The monoisotopic (exact) mass is 471 g/mol. The molecule has 2 fully saturated rings. The number of hydrogen-bond donors (Lipinski definition) is 1. The number of piperidine rings is 1. The molecule has 2 aliphatic carbocycles. The standard InChI is InChI=1S/C28H41NO5/c1-16(30)29-13-12-28-21-17-10-11-18(32-8)22(21)34-23(28)26(6,33-9)19(27(7,31)24(2,3)4)15-25(28,5)20(29)14-17/h10-11,19-20,23,31H,12-15H2,1-9H3/t19?,20-,23+,25-,26-,27+,28+/m1/s1. The molecule has 2 aliphatic heterocycles. The van der Waals surface area contributed by atoms with Crippen molar-refractivity contribution in [1.29, 1.82) is 0 Å². The van der Waals surface area contributed by atoms with Crippen LogP contribution >= 0.6 is 0 Å². The van der Waals surface area contributed by atoms with Crippen LogP contribution in [0.3, 0.4) is 0 Å². The number of methoxy groups -OCH3 is 2. The van der Waals surface area contributed by atoms with Gasteiger partial charge in [0, 0.05) is 48.9 Å². The van der Waals surface area contributed by atoms with Crippen LogP contribution in [0.25, 0.3) is 0 Å². The van der Waals surface area contributed by atoms with Gasteiger partial charge in [0.1, 0.15) is 11.7 Å². The average Bonchev–Trinajstić information content (AvgIpc) is 3.10. The van der Waals surface area contributed by atoms with E-state index in [2.05, 4.69) is 45.6 Å². The van der Waals surface area contributed by atoms with E-state index >= 15 is 0 Å². The molecule has 1 unspecified atom stereocenters. The average molecular weight is 472 g/mol. The Balaban J connectivity index is 1.82. The van der Waals surface area contributed by atoms with E-state index in [4.69, 9.17) is 14.2 Å². The van der Waals surface area contributed by atoms with Gasteiger partial charge < -0.3 is 24.2 Å². The predicted molar refractivity (Wildman–Crippen MR) is 130 cm³/mol. The molecule has 0 aromatic heterocycles. The molecule has 1 saturated carbocycles. The molecule has 2 heterocycles. The van der Waals surface area contributed by atoms with Gasteiger partial charge in [-0.15, -0.1) is 0 Å². The number of ether oxygens (including phenoxy) is 3. The maximum atomic E-state index is 12.8. The third kappa shape index (κ3) is 2.52. The number of benzene rings is 1. The first-order chi connectivity index (χ1) is 15.7. The number of carbonyl (C=O) groups excluding carboxylic acids is 1. The van der Waals surface area contributed by atoms with Crippen molar-refractivity contribution < 1.29 is 24.1 Å². The molecule has 7 atom stereocenters. The highest BCUT2D eigenvalue weighted by molar-refractivity contribution is 5.75. The van der Waals surface area contributed by atoms with E-state index in [1.807, 2.05) is 13.0 Å². The molecule has 34 heavy (non-hydrogen) atoms. The van der Waals surface area contributed by atoms with Crippen molar-refractivity contribution in [3.05, 3.63) is 23.3 Å². The fourth-order valence-electron chi connectivity index (χ4n) is 8.29. The second-order valence-corrected chi connectivity index (χ2v) is 12.7. The van der Waals surface area contributed by atoms with Crippen molar-refractivity contribution in [3.63, 3.8) is 0 Å². The molecule has 188 valence electrons. The molecule has 0 radical (unpaired) electrons. The van der Waals surface area contributed by atoms with Crippen LogP contribution in [0.2, 0.25) is 0 Å². The van der Waals surface area contributed by atoms with Gasteiger partial charge in [-0.25, -0.2) is 0 Å². The van der Waals surface area contributed by atoms with E-state index in [0.29, 0.717) is 6.54 Å². The summed E-state index contributed by atoms with van der Waals surface area (Å²) in [5.74, 6) is 1.48. The minimum absolute atomic E-state index is 0.0383. The summed E-state index contributed by atoms with van der Waals surface area (Å²) in [6.07, 6.45) is 2.03. The molecule has 1 aromatic carbocycles. The van der Waals surface area contributed by atoms with Crippen LogP contribution in [-0.2, 0) is 21.4 Å². The number of aliphatic hydroxyl groups is 1. The Morgan fingerprint density at radius 1 is 1.21 bits per heavy atom. The highest BCUT2D eigenvalue weighted by atomic mass is 16.6. The number of nitrogens with zero attached hydrogens (tertiary/aromatic N) is 1. The Bertz CT molecular complexity index is 1040. The molecular formula is C28H41NO5. The quantitative estimate of drug-likeness (QED) is 0.719. The van der Waals surface area contributed by atoms with Gasteiger partial charge in [-0.3, -0.25) is 4.79 Å². The first-order valence-corrected chi connectivity index (χ1v) is 12.6. The molecule has 1 N–H and O–H groups in total. The smallest absolute Gasteiger partial charge is 0.219 e. The van der Waals surface area contributed by atoms with Crippen molar-refractivity contribution in [2.45, 2.75) is 96.5 Å². The lowest BCUT2D eigenvalue weighted by Gasteiger charge is -2.70. The van der Waals surface area contributed by atoms with Crippen LogP contribution in [0.4, 0.5) is 0 Å². The van der Waals surface area contributed by atoms with Gasteiger partial charge in [-0.1, -0.05) is 33.8 Å². The molecular weight excluding hydrogens is 430 g/mol. The summed E-state index contributed by atoms with van der Waals surface area (Å²) < 4.78 is 19.1. The van der Waals surface area contributed by atoms with E-state index in [0.717, 1.165) is 30.8 Å². The van der Waals surface area contributed by atoms with Crippen LogP contribution in [0.1, 0.15) is 72.4 Å². The highest BCUT2D eigenvalue weighted by Crippen LogP contribution is 2.73. The highest BCUT2D eigenvalue weighted by Gasteiger charge is 2.77. The first-order valence-electron chi connectivity index (χ1n) is 12.6. The SMILES string of the molecule is COc1ccc2c3c1O[C@@H]1[C@]34CCN(C(C)=O)[C@H](C2)[C@@]4(C)CC([C@](C)(O)C(C)(C)C)[C@@]1(C)OC. The van der Waals surface area contributed by atoms with Gasteiger partial charge in [0.25, 0.3) is 0 Å². The largest absolute Gasteiger partial charge is 0.493 e. The zero-order valence-corrected chi connectivity index (χ0v) is 22.2. The summed E-state index contributed by atoms with van der Waals surface area (Å²) in [6, 6.07) is 4.19. The maximum absolute atomic E-state index is 12.8. The number of hydrogen-bond acceptors (Lipinski definition) is 5. The molecule has 1 aromatic rings. The van der Waals surface area contributed by atoms with E-state index in [9.17, 15) is 9.90 Å². The van der Waals surface area contributed by atoms with Crippen molar-refractivity contribution in [2.24, 2.45) is 16.7 Å². The van der Waals surface area contributed by atoms with Crippen molar-refractivity contribution >= 4 is 5.91 Å². The van der Waals surface area contributed by atoms with E-state index in [1.165, 1.54) is 11.1 Å². The Morgan fingerprint density at radius 3 is 2.44 bits per heavy atom. The fourth-order valence-corrected chi connectivity index (χ4v) is 8.29. The normalized spacial score (nSPS) is 39.7. The second-order valence-electron chi connectivity index (χ2n) is 12.7. The Kier molecular flexibility index (Phi) is 4.86. The molecule has 2 bridgehead atoms. The van der Waals surface area contributed by atoms with Gasteiger partial charge in [-0.2, -0.15) is 0 Å². The molecule has 1 amide bonds. The van der Waals surface area contributed by atoms with Crippen LogP contribution < -0.4 is 9.47 Å². The van der Waals surface area contributed by atoms with Crippen LogP contribution in [0.5, 0.6) is 11.5 Å². The van der Waals surface area contributed by atoms with E-state index < -0.39 is 11.2 Å². The second kappa shape index (κ2) is 6.91. The molecule has 5 rings (SSSR count). The molecule has 4 aliphatic rings. The summed E-state index contributed by atoms with van der Waals surface area (Å²) >= 11 is 0. The van der Waals surface area contributed by atoms with Crippen LogP contribution in [0, 0.1) is 16.7 Å². The number of carbonyl (C=O) groups is 1. The maximum Gasteiger partial charge on any atom is 0.219 e. The fraction of sp³-hybridized carbons (Fsp3) is 0.750. The molecule has 1 spiro atoms. The van der Waals surface area contributed by atoms with Crippen molar-refractivity contribution in [2.75, 3.05) is 20.8 Å². The Labute approximate surface area is 203 Å². The third-order valence-electron chi connectivity index (χ3n) is 10.7. The number of rotatable bonds is 3. The van der Waals surface area contributed by atoms with E-state index in [-0.39, 0.29) is 40.2 Å². The lowest BCUT2D eigenvalue weighted by atomic mass is 9.38. The topological polar surface area (TPSA) is 68.2 Å². The van der Waals surface area contributed by atoms with Crippen LogP contribution in [0.15, 0.2) is 12.1 Å².